The number of halogens is 4. The first-order valence-corrected chi connectivity index (χ1v) is 11.9. The van der Waals surface area contributed by atoms with Gasteiger partial charge >= 0.3 is 6.18 Å². The molecule has 13 heteroatoms. The molecule has 194 valence electrons. The SMILES string of the molecule is COOSN1CCN(c2ccc(OCC3CCN(c4ccc(C(F)(F)F)cn4)CC3)cn2)CC1.Cl. The van der Waals surface area contributed by atoms with Crippen LogP contribution < -0.4 is 14.5 Å². The van der Waals surface area contributed by atoms with Gasteiger partial charge in [-0.1, -0.05) is 0 Å². The van der Waals surface area contributed by atoms with Crippen LogP contribution in [0.3, 0.4) is 0 Å². The Labute approximate surface area is 213 Å². The van der Waals surface area contributed by atoms with E-state index in [2.05, 4.69) is 24.1 Å². The first kappa shape index (κ1) is 27.6. The fourth-order valence-electron chi connectivity index (χ4n) is 3.99. The van der Waals surface area contributed by atoms with Gasteiger partial charge in [-0.05, 0) is 43.0 Å². The minimum Gasteiger partial charge on any atom is -0.492 e. The maximum absolute atomic E-state index is 12.7. The van der Waals surface area contributed by atoms with E-state index in [0.29, 0.717) is 18.3 Å². The second-order valence-electron chi connectivity index (χ2n) is 8.22. The van der Waals surface area contributed by atoms with E-state index < -0.39 is 11.7 Å². The third kappa shape index (κ3) is 7.74. The molecule has 2 saturated heterocycles. The molecule has 0 radical (unpaired) electrons. The number of nitrogens with zero attached hydrogens (tertiary/aromatic N) is 5. The molecule has 0 N–H and O–H groups in total. The van der Waals surface area contributed by atoms with Gasteiger partial charge in [0.15, 0.2) is 0 Å². The summed E-state index contributed by atoms with van der Waals surface area (Å²) in [6.45, 7) is 5.44. The minimum absolute atomic E-state index is 0. The highest BCUT2D eigenvalue weighted by Crippen LogP contribution is 2.30. The van der Waals surface area contributed by atoms with Gasteiger partial charge in [-0.15, -0.1) is 16.7 Å². The maximum atomic E-state index is 12.7. The molecule has 0 bridgehead atoms. The van der Waals surface area contributed by atoms with E-state index >= 15 is 0 Å². The number of piperazine rings is 1. The predicted molar refractivity (Wildman–Crippen MR) is 131 cm³/mol. The molecule has 2 aliphatic rings. The fourth-order valence-corrected chi connectivity index (χ4v) is 4.45. The number of alkyl halides is 3. The summed E-state index contributed by atoms with van der Waals surface area (Å²) in [6, 6.07) is 6.45. The summed E-state index contributed by atoms with van der Waals surface area (Å²) in [5.74, 6) is 2.61. The van der Waals surface area contributed by atoms with Crippen LogP contribution in [0.2, 0.25) is 0 Å². The van der Waals surface area contributed by atoms with Crippen LogP contribution in [0, 0.1) is 5.92 Å². The molecular weight excluding hydrogens is 507 g/mol. The quantitative estimate of drug-likeness (QED) is 0.211. The van der Waals surface area contributed by atoms with Gasteiger partial charge in [0, 0.05) is 45.5 Å². The topological polar surface area (TPSA) is 63.2 Å². The number of hydrogen-bond donors (Lipinski definition) is 0. The molecule has 4 rings (SSSR count). The Morgan fingerprint density at radius 3 is 2.09 bits per heavy atom. The number of piperidine rings is 1. The molecule has 0 atom stereocenters. The molecule has 0 spiro atoms. The van der Waals surface area contributed by atoms with Crippen LogP contribution >= 0.6 is 24.6 Å². The van der Waals surface area contributed by atoms with Crippen molar-refractivity contribution in [2.45, 2.75) is 19.0 Å². The molecule has 8 nitrogen and oxygen atoms in total. The summed E-state index contributed by atoms with van der Waals surface area (Å²) >= 11 is 1.21. The zero-order chi connectivity index (χ0) is 24.0. The number of hydrogen-bond acceptors (Lipinski definition) is 9. The van der Waals surface area contributed by atoms with E-state index in [0.717, 1.165) is 75.9 Å². The van der Waals surface area contributed by atoms with E-state index in [-0.39, 0.29) is 12.4 Å². The van der Waals surface area contributed by atoms with Gasteiger partial charge in [0.1, 0.15) is 29.6 Å². The van der Waals surface area contributed by atoms with Crippen molar-refractivity contribution in [3.05, 3.63) is 42.2 Å². The zero-order valence-electron chi connectivity index (χ0n) is 19.3. The fraction of sp³-hybridized carbons (Fsp3) is 0.545. The lowest BCUT2D eigenvalue weighted by molar-refractivity contribution is -0.163. The maximum Gasteiger partial charge on any atom is 0.417 e. The highest BCUT2D eigenvalue weighted by molar-refractivity contribution is 7.92. The smallest absolute Gasteiger partial charge is 0.417 e. The largest absolute Gasteiger partial charge is 0.492 e. The molecule has 0 saturated carbocycles. The monoisotopic (exact) mass is 535 g/mol. The summed E-state index contributed by atoms with van der Waals surface area (Å²) in [5, 5.41) is 0. The molecule has 2 aromatic rings. The lowest BCUT2D eigenvalue weighted by Gasteiger charge is -2.33. The first-order valence-electron chi connectivity index (χ1n) is 11.2. The van der Waals surface area contributed by atoms with E-state index in [1.165, 1.54) is 25.4 Å². The van der Waals surface area contributed by atoms with Crippen molar-refractivity contribution in [1.29, 1.82) is 0 Å². The normalized spacial score (nSPS) is 17.8. The van der Waals surface area contributed by atoms with Crippen molar-refractivity contribution >= 4 is 36.3 Å². The van der Waals surface area contributed by atoms with Crippen molar-refractivity contribution in [1.82, 2.24) is 14.3 Å². The second-order valence-corrected chi connectivity index (χ2v) is 9.02. The van der Waals surface area contributed by atoms with Crippen LogP contribution in [0.1, 0.15) is 18.4 Å². The van der Waals surface area contributed by atoms with Gasteiger partial charge in [0.2, 0.25) is 0 Å². The highest BCUT2D eigenvalue weighted by atomic mass is 35.5. The summed E-state index contributed by atoms with van der Waals surface area (Å²) in [5.41, 5.74) is -0.725. The third-order valence-corrected chi connectivity index (χ3v) is 6.76. The van der Waals surface area contributed by atoms with E-state index in [4.69, 9.17) is 9.07 Å². The molecular formula is C22H29ClF3N5O3S. The van der Waals surface area contributed by atoms with Crippen LogP contribution in [0.5, 0.6) is 5.75 Å². The van der Waals surface area contributed by atoms with Crippen molar-refractivity contribution in [2.75, 3.05) is 62.8 Å². The standard InChI is InChI=1S/C22H28F3N5O3S.ClH/c1-31-33-34-30-12-10-29(11-13-30)21-5-3-19(15-27-21)32-16-17-6-8-28(9-7-17)20-4-2-18(14-26-20)22(23,24)25;/h2-5,14-15,17H,6-13,16H2,1H3;1H. The van der Waals surface area contributed by atoms with Crippen LogP contribution in [0.15, 0.2) is 36.7 Å². The summed E-state index contributed by atoms with van der Waals surface area (Å²) < 4.78 is 51.1. The van der Waals surface area contributed by atoms with Gasteiger partial charge in [0.25, 0.3) is 0 Å². The zero-order valence-corrected chi connectivity index (χ0v) is 20.9. The van der Waals surface area contributed by atoms with Crippen LogP contribution in [-0.4, -0.2) is 67.3 Å². The first-order chi connectivity index (χ1) is 16.4. The van der Waals surface area contributed by atoms with Gasteiger partial charge in [-0.25, -0.2) is 19.2 Å². The highest BCUT2D eigenvalue weighted by Gasteiger charge is 2.31. The average molecular weight is 536 g/mol. The average Bonchev–Trinajstić information content (AvgIpc) is 2.87. The van der Waals surface area contributed by atoms with Gasteiger partial charge < -0.3 is 14.5 Å². The van der Waals surface area contributed by atoms with Crippen molar-refractivity contribution < 1.29 is 27.1 Å². The van der Waals surface area contributed by atoms with Crippen molar-refractivity contribution in [2.24, 2.45) is 5.92 Å². The summed E-state index contributed by atoms with van der Waals surface area (Å²) in [7, 11) is 1.49. The van der Waals surface area contributed by atoms with E-state index in [1.807, 2.05) is 17.0 Å². The molecule has 2 aliphatic heterocycles. The summed E-state index contributed by atoms with van der Waals surface area (Å²) in [4.78, 5) is 17.4. The Morgan fingerprint density at radius 1 is 0.914 bits per heavy atom. The Balaban J connectivity index is 0.00000342. The van der Waals surface area contributed by atoms with Gasteiger partial charge in [-0.2, -0.15) is 13.2 Å². The number of rotatable bonds is 8. The Kier molecular flexibility index (Phi) is 10.1. The molecule has 0 amide bonds. The van der Waals surface area contributed by atoms with Crippen LogP contribution in [0.25, 0.3) is 0 Å². The molecule has 0 aromatic carbocycles. The van der Waals surface area contributed by atoms with Gasteiger partial charge in [0.05, 0.1) is 25.5 Å². The minimum atomic E-state index is -4.36. The Hall–Kier alpha value is -1.99. The molecule has 35 heavy (non-hydrogen) atoms. The lowest BCUT2D eigenvalue weighted by atomic mass is 9.98. The molecule has 0 unspecified atom stereocenters. The molecule has 2 fully saturated rings. The molecule has 0 aliphatic carbocycles. The van der Waals surface area contributed by atoms with Crippen molar-refractivity contribution in [3.8, 4) is 5.75 Å². The second kappa shape index (κ2) is 12.8. The Morgan fingerprint density at radius 2 is 1.54 bits per heavy atom. The third-order valence-electron chi connectivity index (χ3n) is 5.99. The number of pyridine rings is 2. The molecule has 4 heterocycles. The van der Waals surface area contributed by atoms with Crippen molar-refractivity contribution in [3.63, 3.8) is 0 Å². The van der Waals surface area contributed by atoms with Crippen LogP contribution in [-0.2, 0) is 15.4 Å². The predicted octanol–water partition coefficient (Wildman–Crippen LogP) is 4.48. The van der Waals surface area contributed by atoms with Gasteiger partial charge in [-0.3, -0.25) is 0 Å². The Bertz CT molecular complexity index is 895. The number of anilines is 2. The molecule has 2 aromatic heterocycles. The van der Waals surface area contributed by atoms with Crippen LogP contribution in [0.4, 0.5) is 24.8 Å². The lowest BCUT2D eigenvalue weighted by Crippen LogP contribution is -2.43. The number of ether oxygens (including phenoxy) is 1. The number of aromatic nitrogens is 2. The van der Waals surface area contributed by atoms with E-state index in [9.17, 15) is 13.2 Å². The van der Waals surface area contributed by atoms with E-state index in [1.54, 1.807) is 6.20 Å². The summed E-state index contributed by atoms with van der Waals surface area (Å²) in [6.07, 6.45) is 0.0742.